The van der Waals surface area contributed by atoms with Gasteiger partial charge < -0.3 is 10.1 Å². The van der Waals surface area contributed by atoms with E-state index in [2.05, 4.69) is 26.6 Å². The second-order valence-corrected chi connectivity index (χ2v) is 7.34. The zero-order valence-electron chi connectivity index (χ0n) is 15.8. The molecule has 1 heterocycles. The summed E-state index contributed by atoms with van der Waals surface area (Å²) in [6.07, 6.45) is 0.725. The molecule has 0 aliphatic rings. The van der Waals surface area contributed by atoms with E-state index in [9.17, 15) is 4.79 Å². The van der Waals surface area contributed by atoms with Gasteiger partial charge in [0.15, 0.2) is 0 Å². The number of amides is 2. The molecule has 0 bridgehead atoms. The Balaban J connectivity index is 1.37. The predicted octanol–water partition coefficient (Wildman–Crippen LogP) is 4.32. The van der Waals surface area contributed by atoms with Crippen LogP contribution in [0.2, 0.25) is 0 Å². The number of ether oxygens (including phenoxy) is 1. The maximum absolute atomic E-state index is 11.9. The lowest BCUT2D eigenvalue weighted by atomic mass is 10.1. The van der Waals surface area contributed by atoms with E-state index >= 15 is 0 Å². The van der Waals surface area contributed by atoms with E-state index in [0.29, 0.717) is 13.2 Å². The van der Waals surface area contributed by atoms with Gasteiger partial charge in [0, 0.05) is 11.9 Å². The number of fused-ring (bicyclic) bond motifs is 1. The molecule has 2 aromatic carbocycles. The van der Waals surface area contributed by atoms with Gasteiger partial charge in [0.05, 0.1) is 12.1 Å². The van der Waals surface area contributed by atoms with Gasteiger partial charge in [-0.25, -0.2) is 4.79 Å². The van der Waals surface area contributed by atoms with Crippen LogP contribution < -0.4 is 20.9 Å². The van der Waals surface area contributed by atoms with E-state index in [0.717, 1.165) is 33.6 Å². The Morgan fingerprint density at radius 1 is 1.07 bits per heavy atom. The quantitative estimate of drug-likeness (QED) is 0.419. The van der Waals surface area contributed by atoms with Crippen LogP contribution in [0, 0.1) is 20.8 Å². The molecule has 0 unspecified atom stereocenters. The molecule has 0 fully saturated rings. The summed E-state index contributed by atoms with van der Waals surface area (Å²) in [6, 6.07) is 11.9. The van der Waals surface area contributed by atoms with E-state index < -0.39 is 0 Å². The molecule has 0 spiro atoms. The lowest BCUT2D eigenvalue weighted by Crippen LogP contribution is -2.39. The smallest absolute Gasteiger partial charge is 0.333 e. The lowest BCUT2D eigenvalue weighted by molar-refractivity contribution is 0.241. The maximum Gasteiger partial charge on any atom is 0.333 e. The van der Waals surface area contributed by atoms with Crippen molar-refractivity contribution in [1.29, 1.82) is 0 Å². The number of nitrogens with one attached hydrogen (secondary N) is 3. The average molecular weight is 385 g/mol. The summed E-state index contributed by atoms with van der Waals surface area (Å²) in [6.45, 7) is 7.20. The second kappa shape index (κ2) is 8.73. The molecular weight excluding hydrogens is 360 g/mol. The van der Waals surface area contributed by atoms with Gasteiger partial charge in [0.2, 0.25) is 0 Å². The molecule has 3 aromatic rings. The summed E-state index contributed by atoms with van der Waals surface area (Å²) in [5.41, 5.74) is 10.0. The van der Waals surface area contributed by atoms with E-state index in [1.165, 1.54) is 22.7 Å². The fourth-order valence-electron chi connectivity index (χ4n) is 2.78. The highest BCUT2D eigenvalue weighted by Crippen LogP contribution is 2.27. The summed E-state index contributed by atoms with van der Waals surface area (Å²) in [7, 11) is 0. The number of anilines is 1. The third-order valence-corrected chi connectivity index (χ3v) is 4.78. The van der Waals surface area contributed by atoms with Gasteiger partial charge in [-0.05, 0) is 74.1 Å². The van der Waals surface area contributed by atoms with Crippen molar-refractivity contribution < 1.29 is 9.53 Å². The molecule has 27 heavy (non-hydrogen) atoms. The third kappa shape index (κ3) is 5.34. The molecular formula is C20H24N4O2S. The zero-order chi connectivity index (χ0) is 19.2. The molecule has 6 nitrogen and oxygen atoms in total. The number of nitrogens with zero attached hydrogens (tertiary/aromatic N) is 1. The molecule has 3 N–H and O–H groups in total. The molecule has 0 aliphatic carbocycles. The molecule has 0 radical (unpaired) electrons. The number of aromatic nitrogens is 1. The van der Waals surface area contributed by atoms with Gasteiger partial charge in [-0.1, -0.05) is 17.7 Å². The van der Waals surface area contributed by atoms with Crippen molar-refractivity contribution in [2.45, 2.75) is 27.2 Å². The van der Waals surface area contributed by atoms with Gasteiger partial charge in [0.25, 0.3) is 0 Å². The second-order valence-electron chi connectivity index (χ2n) is 6.56. The Morgan fingerprint density at radius 2 is 1.85 bits per heavy atom. The maximum atomic E-state index is 11.9. The Labute approximate surface area is 163 Å². The average Bonchev–Trinajstić information content (AvgIpc) is 3.01. The van der Waals surface area contributed by atoms with E-state index in [1.54, 1.807) is 0 Å². The minimum Gasteiger partial charge on any atom is -0.494 e. The topological polar surface area (TPSA) is 75.3 Å². The van der Waals surface area contributed by atoms with Gasteiger partial charge in [-0.15, -0.1) is 0 Å². The first kappa shape index (κ1) is 19.0. The van der Waals surface area contributed by atoms with Crippen molar-refractivity contribution in [3.8, 4) is 5.75 Å². The highest BCUT2D eigenvalue weighted by atomic mass is 32.1. The van der Waals surface area contributed by atoms with Crippen molar-refractivity contribution in [2.75, 3.05) is 18.6 Å². The minimum absolute atomic E-state index is 0.282. The summed E-state index contributed by atoms with van der Waals surface area (Å²) in [5, 5.41) is 4.63. The summed E-state index contributed by atoms with van der Waals surface area (Å²) >= 11 is 1.32. The first-order chi connectivity index (χ1) is 13.0. The SMILES string of the molecule is Cc1cc(C)cc(OCCCNC(=O)NNc2snc3ccc(C)cc23)c1. The molecule has 1 aromatic heterocycles. The van der Waals surface area contributed by atoms with Crippen LogP contribution in [0.4, 0.5) is 9.80 Å². The predicted molar refractivity (Wildman–Crippen MR) is 111 cm³/mol. The van der Waals surface area contributed by atoms with Crippen LogP contribution in [0.25, 0.3) is 10.9 Å². The van der Waals surface area contributed by atoms with Crippen molar-refractivity contribution in [1.82, 2.24) is 15.1 Å². The van der Waals surface area contributed by atoms with Crippen LogP contribution >= 0.6 is 11.5 Å². The Kier molecular flexibility index (Phi) is 6.13. The Morgan fingerprint density at radius 3 is 2.63 bits per heavy atom. The molecule has 0 saturated heterocycles. The van der Waals surface area contributed by atoms with E-state index in [1.807, 2.05) is 51.1 Å². The van der Waals surface area contributed by atoms with Gasteiger partial charge in [-0.2, -0.15) is 4.37 Å². The van der Waals surface area contributed by atoms with Gasteiger partial charge in [-0.3, -0.25) is 10.9 Å². The number of aryl methyl sites for hydroxylation is 3. The van der Waals surface area contributed by atoms with Crippen LogP contribution in [-0.4, -0.2) is 23.6 Å². The molecule has 0 aliphatic heterocycles. The molecule has 0 atom stereocenters. The third-order valence-electron chi connectivity index (χ3n) is 3.99. The van der Waals surface area contributed by atoms with E-state index in [4.69, 9.17) is 4.74 Å². The first-order valence-electron chi connectivity index (χ1n) is 8.88. The number of urea groups is 1. The number of hydrogen-bond donors (Lipinski definition) is 3. The van der Waals surface area contributed by atoms with Crippen molar-refractivity contribution in [3.63, 3.8) is 0 Å². The van der Waals surface area contributed by atoms with Crippen molar-refractivity contribution in [2.24, 2.45) is 0 Å². The van der Waals surface area contributed by atoms with Crippen molar-refractivity contribution >= 4 is 33.5 Å². The number of rotatable bonds is 7. The van der Waals surface area contributed by atoms with Gasteiger partial charge in [0.1, 0.15) is 10.8 Å². The molecule has 3 rings (SSSR count). The fraction of sp³-hybridized carbons (Fsp3) is 0.300. The number of benzene rings is 2. The minimum atomic E-state index is -0.282. The number of carbonyl (C=O) groups excluding carboxylic acids is 1. The largest absolute Gasteiger partial charge is 0.494 e. The van der Waals surface area contributed by atoms with Crippen LogP contribution in [0.15, 0.2) is 36.4 Å². The van der Waals surface area contributed by atoms with Crippen LogP contribution in [0.3, 0.4) is 0 Å². The molecule has 142 valence electrons. The molecule has 0 saturated carbocycles. The highest BCUT2D eigenvalue weighted by Gasteiger charge is 2.07. The zero-order valence-corrected chi connectivity index (χ0v) is 16.6. The number of carbonyl (C=O) groups is 1. The summed E-state index contributed by atoms with van der Waals surface area (Å²) in [4.78, 5) is 11.9. The van der Waals surface area contributed by atoms with Crippen molar-refractivity contribution in [3.05, 3.63) is 53.1 Å². The van der Waals surface area contributed by atoms with Crippen LogP contribution in [-0.2, 0) is 0 Å². The van der Waals surface area contributed by atoms with Crippen LogP contribution in [0.1, 0.15) is 23.1 Å². The Hall–Kier alpha value is -2.80. The monoisotopic (exact) mass is 384 g/mol. The lowest BCUT2D eigenvalue weighted by Gasteiger charge is -2.10. The summed E-state index contributed by atoms with van der Waals surface area (Å²) in [5.74, 6) is 0.867. The summed E-state index contributed by atoms with van der Waals surface area (Å²) < 4.78 is 10.1. The standard InChI is InChI=1S/C20H24N4O2S/c1-13-5-6-18-17(12-13)19(27-24-18)22-23-20(25)21-7-4-8-26-16-10-14(2)9-15(3)11-16/h5-6,9-12,22H,4,7-8H2,1-3H3,(H2,21,23,25). The normalized spacial score (nSPS) is 10.6. The van der Waals surface area contributed by atoms with E-state index in [-0.39, 0.29) is 6.03 Å². The molecule has 2 amide bonds. The number of hydrogen-bond acceptors (Lipinski definition) is 5. The number of hydrazine groups is 1. The molecule has 7 heteroatoms. The van der Waals surface area contributed by atoms with Gasteiger partial charge >= 0.3 is 6.03 Å². The van der Waals surface area contributed by atoms with Crippen LogP contribution in [0.5, 0.6) is 5.75 Å². The fourth-order valence-corrected chi connectivity index (χ4v) is 3.49. The Bertz CT molecular complexity index is 919. The first-order valence-corrected chi connectivity index (χ1v) is 9.65. The highest BCUT2D eigenvalue weighted by molar-refractivity contribution is 7.11.